The highest BCUT2D eigenvalue weighted by molar-refractivity contribution is 5.20. The van der Waals surface area contributed by atoms with E-state index < -0.39 is 0 Å². The second-order valence-electron chi connectivity index (χ2n) is 5.26. The fraction of sp³-hybridized carbons (Fsp3) is 0.571. The summed E-state index contributed by atoms with van der Waals surface area (Å²) in [6, 6.07) is 6.87. The van der Waals surface area contributed by atoms with Gasteiger partial charge in [0.05, 0.1) is 0 Å². The van der Waals surface area contributed by atoms with Crippen LogP contribution in [-0.2, 0) is 6.42 Å². The SMILES string of the molecule is CN(C)CCNC(C)(CN)Cc1ccccc1F. The van der Waals surface area contributed by atoms with E-state index in [0.717, 1.165) is 13.1 Å². The van der Waals surface area contributed by atoms with Crippen LogP contribution in [0, 0.1) is 5.82 Å². The first kappa shape index (κ1) is 15.1. The van der Waals surface area contributed by atoms with Crippen molar-refractivity contribution in [1.82, 2.24) is 10.2 Å². The Hall–Kier alpha value is -0.970. The third-order valence-electron chi connectivity index (χ3n) is 3.10. The molecule has 0 bridgehead atoms. The summed E-state index contributed by atoms with van der Waals surface area (Å²) in [6.07, 6.45) is 0.601. The molecule has 3 nitrogen and oxygen atoms in total. The average Bonchev–Trinajstić information content (AvgIpc) is 2.32. The van der Waals surface area contributed by atoms with E-state index in [1.165, 1.54) is 6.07 Å². The van der Waals surface area contributed by atoms with E-state index >= 15 is 0 Å². The fourth-order valence-electron chi connectivity index (χ4n) is 1.85. The Morgan fingerprint density at radius 3 is 2.56 bits per heavy atom. The Bertz CT molecular complexity index is 368. The molecule has 18 heavy (non-hydrogen) atoms. The molecule has 0 amide bonds. The minimum Gasteiger partial charge on any atom is -0.329 e. The molecular weight excluding hydrogens is 229 g/mol. The van der Waals surface area contributed by atoms with Gasteiger partial charge < -0.3 is 16.0 Å². The van der Waals surface area contributed by atoms with Gasteiger partial charge in [0, 0.05) is 25.2 Å². The Morgan fingerprint density at radius 1 is 1.33 bits per heavy atom. The van der Waals surface area contributed by atoms with Gasteiger partial charge in [0.25, 0.3) is 0 Å². The number of nitrogens with one attached hydrogen (secondary N) is 1. The summed E-state index contributed by atoms with van der Waals surface area (Å²) in [5.74, 6) is -0.161. The van der Waals surface area contributed by atoms with E-state index in [4.69, 9.17) is 5.73 Å². The molecule has 1 rings (SSSR count). The molecule has 0 saturated carbocycles. The predicted molar refractivity (Wildman–Crippen MR) is 74.1 cm³/mol. The van der Waals surface area contributed by atoms with Crippen LogP contribution < -0.4 is 11.1 Å². The first-order valence-electron chi connectivity index (χ1n) is 6.30. The largest absolute Gasteiger partial charge is 0.329 e. The molecule has 0 spiro atoms. The molecule has 1 atom stereocenters. The highest BCUT2D eigenvalue weighted by Gasteiger charge is 2.23. The summed E-state index contributed by atoms with van der Waals surface area (Å²) in [7, 11) is 4.05. The molecule has 1 aromatic carbocycles. The lowest BCUT2D eigenvalue weighted by Gasteiger charge is -2.30. The van der Waals surface area contributed by atoms with Crippen LogP contribution in [0.4, 0.5) is 4.39 Å². The number of rotatable bonds is 7. The number of halogens is 1. The van der Waals surface area contributed by atoms with Gasteiger partial charge in [0.1, 0.15) is 5.82 Å². The van der Waals surface area contributed by atoms with Crippen LogP contribution in [-0.4, -0.2) is 44.2 Å². The highest BCUT2D eigenvalue weighted by Crippen LogP contribution is 2.15. The zero-order valence-corrected chi connectivity index (χ0v) is 11.5. The number of nitrogens with two attached hydrogens (primary N) is 1. The smallest absolute Gasteiger partial charge is 0.126 e. The van der Waals surface area contributed by atoms with E-state index in [0.29, 0.717) is 18.5 Å². The number of hydrogen-bond donors (Lipinski definition) is 2. The molecule has 0 aliphatic heterocycles. The van der Waals surface area contributed by atoms with Gasteiger partial charge in [-0.15, -0.1) is 0 Å². The summed E-state index contributed by atoms with van der Waals surface area (Å²) < 4.78 is 13.6. The Morgan fingerprint density at radius 2 is 2.00 bits per heavy atom. The molecule has 1 aromatic rings. The third kappa shape index (κ3) is 4.72. The van der Waals surface area contributed by atoms with Crippen molar-refractivity contribution in [3.63, 3.8) is 0 Å². The van der Waals surface area contributed by atoms with E-state index in [1.807, 2.05) is 33.2 Å². The van der Waals surface area contributed by atoms with Crippen molar-refractivity contribution in [1.29, 1.82) is 0 Å². The van der Waals surface area contributed by atoms with Crippen LogP contribution in [0.25, 0.3) is 0 Å². The van der Waals surface area contributed by atoms with Gasteiger partial charge >= 0.3 is 0 Å². The highest BCUT2D eigenvalue weighted by atomic mass is 19.1. The molecule has 4 heteroatoms. The van der Waals surface area contributed by atoms with Crippen LogP contribution in [0.2, 0.25) is 0 Å². The minimum absolute atomic E-state index is 0.161. The number of likely N-dealkylation sites (N-methyl/N-ethyl adjacent to an activating group) is 1. The van der Waals surface area contributed by atoms with Crippen LogP contribution in [0.15, 0.2) is 24.3 Å². The second-order valence-corrected chi connectivity index (χ2v) is 5.26. The van der Waals surface area contributed by atoms with E-state index in [1.54, 1.807) is 6.07 Å². The maximum absolute atomic E-state index is 13.6. The number of benzene rings is 1. The van der Waals surface area contributed by atoms with Gasteiger partial charge in [0.2, 0.25) is 0 Å². The van der Waals surface area contributed by atoms with E-state index in [9.17, 15) is 4.39 Å². The molecular formula is C14H24FN3. The zero-order valence-electron chi connectivity index (χ0n) is 11.5. The van der Waals surface area contributed by atoms with Gasteiger partial charge in [-0.25, -0.2) is 4.39 Å². The van der Waals surface area contributed by atoms with E-state index in [-0.39, 0.29) is 11.4 Å². The van der Waals surface area contributed by atoms with Gasteiger partial charge in [-0.3, -0.25) is 0 Å². The summed E-state index contributed by atoms with van der Waals surface area (Å²) in [5.41, 5.74) is 6.27. The molecule has 0 aliphatic rings. The Kier molecular flexibility index (Phi) is 5.72. The molecule has 0 saturated heterocycles. The van der Waals surface area contributed by atoms with Crippen molar-refractivity contribution in [2.45, 2.75) is 18.9 Å². The van der Waals surface area contributed by atoms with E-state index in [2.05, 4.69) is 10.2 Å². The monoisotopic (exact) mass is 253 g/mol. The van der Waals surface area contributed by atoms with Crippen molar-refractivity contribution in [3.05, 3.63) is 35.6 Å². The van der Waals surface area contributed by atoms with Crippen LogP contribution in [0.5, 0.6) is 0 Å². The number of hydrogen-bond acceptors (Lipinski definition) is 3. The van der Waals surface area contributed by atoms with Crippen molar-refractivity contribution in [2.75, 3.05) is 33.7 Å². The van der Waals surface area contributed by atoms with Gasteiger partial charge in [-0.2, -0.15) is 0 Å². The molecule has 3 N–H and O–H groups in total. The summed E-state index contributed by atoms with van der Waals surface area (Å²) in [4.78, 5) is 2.10. The molecule has 0 aliphatic carbocycles. The quantitative estimate of drug-likeness (QED) is 0.768. The van der Waals surface area contributed by atoms with Crippen molar-refractivity contribution in [3.8, 4) is 0 Å². The normalized spacial score (nSPS) is 14.8. The Balaban J connectivity index is 2.62. The van der Waals surface area contributed by atoms with Crippen LogP contribution >= 0.6 is 0 Å². The van der Waals surface area contributed by atoms with Gasteiger partial charge in [-0.1, -0.05) is 18.2 Å². The van der Waals surface area contributed by atoms with Gasteiger partial charge in [-0.05, 0) is 39.1 Å². The zero-order chi connectivity index (χ0) is 13.6. The number of nitrogens with zero attached hydrogens (tertiary/aromatic N) is 1. The van der Waals surface area contributed by atoms with Crippen LogP contribution in [0.1, 0.15) is 12.5 Å². The summed E-state index contributed by atoms with van der Waals surface area (Å²) >= 11 is 0. The maximum atomic E-state index is 13.6. The van der Waals surface area contributed by atoms with Crippen LogP contribution in [0.3, 0.4) is 0 Å². The standard InChI is InChI=1S/C14H24FN3/c1-14(11-16,17-8-9-18(2)3)10-12-6-4-5-7-13(12)15/h4-7,17H,8-11,16H2,1-3H3. The fourth-order valence-corrected chi connectivity index (χ4v) is 1.85. The topological polar surface area (TPSA) is 41.3 Å². The molecule has 102 valence electrons. The van der Waals surface area contributed by atoms with Crippen molar-refractivity contribution < 1.29 is 4.39 Å². The summed E-state index contributed by atoms with van der Waals surface area (Å²) in [6.45, 7) is 4.30. The van der Waals surface area contributed by atoms with Gasteiger partial charge in [0.15, 0.2) is 0 Å². The molecule has 0 heterocycles. The molecule has 0 aromatic heterocycles. The lowest BCUT2D eigenvalue weighted by atomic mass is 9.92. The maximum Gasteiger partial charge on any atom is 0.126 e. The lowest BCUT2D eigenvalue weighted by Crippen LogP contribution is -2.52. The van der Waals surface area contributed by atoms with Crippen molar-refractivity contribution >= 4 is 0 Å². The summed E-state index contributed by atoms with van der Waals surface area (Å²) in [5, 5.41) is 3.42. The molecule has 1 unspecified atom stereocenters. The molecule has 0 fully saturated rings. The predicted octanol–water partition coefficient (Wildman–Crippen LogP) is 1.24. The second kappa shape index (κ2) is 6.83. The van der Waals surface area contributed by atoms with Crippen molar-refractivity contribution in [2.24, 2.45) is 5.73 Å². The first-order valence-corrected chi connectivity index (χ1v) is 6.30. The minimum atomic E-state index is -0.266. The first-order chi connectivity index (χ1) is 8.47. The third-order valence-corrected chi connectivity index (χ3v) is 3.10. The lowest BCUT2D eigenvalue weighted by molar-refractivity contribution is 0.321. The Labute approximate surface area is 109 Å². The average molecular weight is 253 g/mol. The molecule has 0 radical (unpaired) electrons.